The highest BCUT2D eigenvalue weighted by Crippen LogP contribution is 2.44. The molecule has 3 saturated heterocycles. The van der Waals surface area contributed by atoms with E-state index in [1.165, 1.54) is 11.8 Å². The highest BCUT2D eigenvalue weighted by Gasteiger charge is 2.51. The van der Waals surface area contributed by atoms with Gasteiger partial charge in [0.05, 0.1) is 48.6 Å². The average molecular weight is 639 g/mol. The number of halogens is 2. The van der Waals surface area contributed by atoms with Gasteiger partial charge in [0.15, 0.2) is 5.82 Å². The number of anilines is 2. The van der Waals surface area contributed by atoms with Crippen LogP contribution in [0, 0.1) is 10.8 Å². The van der Waals surface area contributed by atoms with Gasteiger partial charge in [0, 0.05) is 42.7 Å². The summed E-state index contributed by atoms with van der Waals surface area (Å²) >= 11 is 7.99. The van der Waals surface area contributed by atoms with Crippen molar-refractivity contribution in [1.82, 2.24) is 20.3 Å². The minimum atomic E-state index is -0.766. The molecule has 3 fully saturated rings. The minimum Gasteiger partial charge on any atom is -0.444 e. The first kappa shape index (κ1) is 32.0. The number of nitrogens with one attached hydrogen (secondary N) is 1. The van der Waals surface area contributed by atoms with Gasteiger partial charge in [0.1, 0.15) is 28.8 Å². The number of amides is 1. The van der Waals surface area contributed by atoms with Gasteiger partial charge in [-0.15, -0.1) is 0 Å². The molecule has 1 amide bonds. The molecule has 3 aliphatic rings. The lowest BCUT2D eigenvalue weighted by Gasteiger charge is -2.48. The van der Waals surface area contributed by atoms with Crippen LogP contribution in [0.15, 0.2) is 28.4 Å². The number of carbonyl (C=O) groups excluding carboxylic acids is 1. The number of hydrogen-bond donors (Lipinski definition) is 3. The van der Waals surface area contributed by atoms with E-state index in [0.717, 1.165) is 12.8 Å². The smallest absolute Gasteiger partial charge is 0.407 e. The lowest BCUT2D eigenvalue weighted by Crippen LogP contribution is -2.60. The summed E-state index contributed by atoms with van der Waals surface area (Å²) in [5.41, 5.74) is -1.11. The van der Waals surface area contributed by atoms with Gasteiger partial charge in [0.25, 0.3) is 0 Å². The number of aromatic nitrogens is 3. The Morgan fingerprint density at radius 3 is 2.58 bits per heavy atom. The second-order valence-electron chi connectivity index (χ2n) is 12.8. The second kappa shape index (κ2) is 12.5. The third-order valence-electron chi connectivity index (χ3n) is 8.47. The lowest BCUT2D eigenvalue weighted by atomic mass is 9.73. The van der Waals surface area contributed by atoms with Gasteiger partial charge in [-0.2, -0.15) is 0 Å². The van der Waals surface area contributed by atoms with Crippen molar-refractivity contribution >= 4 is 41.1 Å². The van der Waals surface area contributed by atoms with Crippen molar-refractivity contribution in [3.05, 3.63) is 29.2 Å². The standard InChI is InChI=1S/C29H40ClFN6O5S/c1-18-23(35-26(40)42-27(2,3)4)29(17-41-18)6-9-36(10-7-29)24-19(12-38)34-21(11-33-24)43-20-5-8-32-25(22(20)30)37-14-28(13-31,15-37)16-39/h5,8,11,18,23,38-39H,6-7,9-10,12-17H2,1-4H3,(H,35,40)/t18-,23+/m0/s1. The Hall–Kier alpha value is -2.45. The molecule has 2 aromatic heterocycles. The van der Waals surface area contributed by atoms with Crippen molar-refractivity contribution in [3.63, 3.8) is 0 Å². The third kappa shape index (κ3) is 6.65. The van der Waals surface area contributed by atoms with Crippen LogP contribution < -0.4 is 15.1 Å². The monoisotopic (exact) mass is 638 g/mol. The SMILES string of the molecule is C[C@@H]1OCC2(CCN(c3ncc(Sc4ccnc(N5CC(CO)(CF)C5)c4Cl)nc3CO)CC2)[C@@H]1NC(=O)OC(C)(C)C. The van der Waals surface area contributed by atoms with Crippen molar-refractivity contribution in [2.45, 2.75) is 74.8 Å². The van der Waals surface area contributed by atoms with Crippen LogP contribution in [0.1, 0.15) is 46.2 Å². The second-order valence-corrected chi connectivity index (χ2v) is 14.3. The molecule has 14 heteroatoms. The van der Waals surface area contributed by atoms with Gasteiger partial charge >= 0.3 is 6.09 Å². The average Bonchev–Trinajstić information content (AvgIpc) is 3.24. The fourth-order valence-corrected chi connectivity index (χ4v) is 7.24. The van der Waals surface area contributed by atoms with E-state index in [2.05, 4.69) is 25.2 Å². The summed E-state index contributed by atoms with van der Waals surface area (Å²) in [5.74, 6) is 1.15. The summed E-state index contributed by atoms with van der Waals surface area (Å²) < 4.78 is 24.9. The normalized spacial score (nSPS) is 22.9. The number of alkyl halides is 1. The summed E-state index contributed by atoms with van der Waals surface area (Å²) in [6.45, 7) is 8.94. The van der Waals surface area contributed by atoms with Crippen LogP contribution in [-0.4, -0.2) is 95.1 Å². The van der Waals surface area contributed by atoms with Crippen molar-refractivity contribution in [1.29, 1.82) is 0 Å². The van der Waals surface area contributed by atoms with Crippen LogP contribution in [0.3, 0.4) is 0 Å². The molecule has 5 heterocycles. The zero-order chi connectivity index (χ0) is 31.0. The molecule has 2 aromatic rings. The Morgan fingerprint density at radius 2 is 1.95 bits per heavy atom. The van der Waals surface area contributed by atoms with Crippen LogP contribution >= 0.6 is 23.4 Å². The largest absolute Gasteiger partial charge is 0.444 e. The van der Waals surface area contributed by atoms with Crippen molar-refractivity contribution in [3.8, 4) is 0 Å². The fourth-order valence-electron chi connectivity index (χ4n) is 6.10. The summed E-state index contributed by atoms with van der Waals surface area (Å²) in [7, 11) is 0. The van der Waals surface area contributed by atoms with E-state index in [0.29, 0.717) is 65.1 Å². The van der Waals surface area contributed by atoms with Crippen molar-refractivity contribution in [2.24, 2.45) is 10.8 Å². The number of pyridine rings is 1. The molecule has 0 bridgehead atoms. The van der Waals surface area contributed by atoms with E-state index in [9.17, 15) is 19.4 Å². The van der Waals surface area contributed by atoms with E-state index in [1.54, 1.807) is 18.5 Å². The number of piperidine rings is 1. The molecular weight excluding hydrogens is 599 g/mol. The lowest BCUT2D eigenvalue weighted by molar-refractivity contribution is 0.0434. The number of aliphatic hydroxyl groups is 2. The first-order valence-corrected chi connectivity index (χ1v) is 15.7. The third-order valence-corrected chi connectivity index (χ3v) is 9.92. The molecule has 0 radical (unpaired) electrons. The molecule has 0 saturated carbocycles. The van der Waals surface area contributed by atoms with E-state index in [1.807, 2.05) is 32.6 Å². The molecule has 5 rings (SSSR count). The quantitative estimate of drug-likeness (QED) is 0.390. The Morgan fingerprint density at radius 1 is 1.23 bits per heavy atom. The summed E-state index contributed by atoms with van der Waals surface area (Å²) in [4.78, 5) is 31.0. The summed E-state index contributed by atoms with van der Waals surface area (Å²) in [6.07, 6.45) is 4.26. The number of carbonyl (C=O) groups is 1. The number of rotatable bonds is 8. The molecule has 3 aliphatic heterocycles. The van der Waals surface area contributed by atoms with Gasteiger partial charge in [-0.3, -0.25) is 4.39 Å². The van der Waals surface area contributed by atoms with Gasteiger partial charge in [-0.05, 0) is 46.6 Å². The van der Waals surface area contributed by atoms with Crippen molar-refractivity contribution in [2.75, 3.05) is 55.9 Å². The van der Waals surface area contributed by atoms with Crippen LogP contribution in [0.5, 0.6) is 0 Å². The molecule has 0 aliphatic carbocycles. The number of ether oxygens (including phenoxy) is 2. The highest BCUT2D eigenvalue weighted by molar-refractivity contribution is 7.99. The van der Waals surface area contributed by atoms with Gasteiger partial charge in [-0.1, -0.05) is 23.4 Å². The number of hydrogen-bond acceptors (Lipinski definition) is 11. The van der Waals surface area contributed by atoms with E-state index in [-0.39, 0.29) is 30.8 Å². The molecular formula is C29H40ClFN6O5S. The summed E-state index contributed by atoms with van der Waals surface area (Å²) in [5, 5.41) is 23.8. The van der Waals surface area contributed by atoms with E-state index < -0.39 is 23.8 Å². The summed E-state index contributed by atoms with van der Waals surface area (Å²) in [6, 6.07) is 1.60. The van der Waals surface area contributed by atoms with Gasteiger partial charge < -0.3 is 34.8 Å². The molecule has 0 unspecified atom stereocenters. The predicted molar refractivity (Wildman–Crippen MR) is 161 cm³/mol. The zero-order valence-electron chi connectivity index (χ0n) is 25.0. The maximum absolute atomic E-state index is 13.4. The molecule has 11 nitrogen and oxygen atoms in total. The van der Waals surface area contributed by atoms with Crippen LogP contribution in [-0.2, 0) is 16.1 Å². The number of nitrogens with zero attached hydrogens (tertiary/aromatic N) is 5. The molecule has 236 valence electrons. The van der Waals surface area contributed by atoms with Crippen LogP contribution in [0.25, 0.3) is 0 Å². The van der Waals surface area contributed by atoms with Crippen LogP contribution in [0.2, 0.25) is 5.02 Å². The van der Waals surface area contributed by atoms with E-state index in [4.69, 9.17) is 21.1 Å². The number of aliphatic hydroxyl groups excluding tert-OH is 2. The predicted octanol–water partition coefficient (Wildman–Crippen LogP) is 3.84. The maximum atomic E-state index is 13.4. The first-order valence-electron chi connectivity index (χ1n) is 14.5. The molecule has 3 N–H and O–H groups in total. The molecule has 43 heavy (non-hydrogen) atoms. The van der Waals surface area contributed by atoms with Gasteiger partial charge in [-0.25, -0.2) is 19.7 Å². The Kier molecular flexibility index (Phi) is 9.30. The van der Waals surface area contributed by atoms with Crippen LogP contribution in [0.4, 0.5) is 20.8 Å². The number of alkyl carbamates (subject to hydrolysis) is 1. The van der Waals surface area contributed by atoms with Crippen molar-refractivity contribution < 1.29 is 28.9 Å². The van der Waals surface area contributed by atoms with E-state index >= 15 is 0 Å². The highest BCUT2D eigenvalue weighted by atomic mass is 35.5. The Balaban J connectivity index is 1.25. The van der Waals surface area contributed by atoms with Gasteiger partial charge in [0.2, 0.25) is 0 Å². The Bertz CT molecular complexity index is 1310. The Labute approximate surface area is 260 Å². The minimum absolute atomic E-state index is 0.134. The topological polar surface area (TPSA) is 133 Å². The molecule has 0 aromatic carbocycles. The zero-order valence-corrected chi connectivity index (χ0v) is 26.5. The first-order chi connectivity index (χ1) is 20.4. The molecule has 2 atom stereocenters. The maximum Gasteiger partial charge on any atom is 0.407 e. The fraction of sp³-hybridized carbons (Fsp3) is 0.655. The molecule has 1 spiro atoms.